The van der Waals surface area contributed by atoms with Crippen LogP contribution in [0.25, 0.3) is 0 Å². The lowest BCUT2D eigenvalue weighted by atomic mass is 10.5. The molecule has 0 spiro atoms. The molecule has 0 aliphatic heterocycles. The molecular weight excluding hydrogens is 190 g/mol. The number of methoxy groups -OCH3 is 1. The van der Waals surface area contributed by atoms with Crippen LogP contribution in [0.3, 0.4) is 0 Å². The van der Waals surface area contributed by atoms with Gasteiger partial charge in [-0.1, -0.05) is 0 Å². The van der Waals surface area contributed by atoms with Crippen molar-refractivity contribution in [1.29, 1.82) is 0 Å². The van der Waals surface area contributed by atoms with Crippen LogP contribution in [0, 0.1) is 22.0 Å². The zero-order valence-corrected chi connectivity index (χ0v) is 7.10. The molecule has 0 saturated heterocycles. The number of hydrogen-bond donors (Lipinski definition) is 1. The lowest BCUT2D eigenvalue weighted by Gasteiger charge is -1.84. The molecule has 7 nitrogen and oxygen atoms in total. The molecule has 1 N–H and O–H groups in total. The van der Waals surface area contributed by atoms with Crippen molar-refractivity contribution in [2.24, 2.45) is 0 Å². The third-order valence-corrected chi connectivity index (χ3v) is 1.23. The highest BCUT2D eigenvalue weighted by Crippen LogP contribution is 2.04. The number of nitrogens with zero attached hydrogens (tertiary/aromatic N) is 2. The van der Waals surface area contributed by atoms with Gasteiger partial charge >= 0.3 is 11.8 Å². The van der Waals surface area contributed by atoms with Gasteiger partial charge in [0.2, 0.25) is 0 Å². The molecule has 1 aromatic rings. The first kappa shape index (κ1) is 9.73. The van der Waals surface area contributed by atoms with Gasteiger partial charge in [-0.2, -0.15) is 0 Å². The van der Waals surface area contributed by atoms with E-state index in [1.165, 1.54) is 7.11 Å². The van der Waals surface area contributed by atoms with Gasteiger partial charge in [0.1, 0.15) is 6.20 Å². The molecule has 0 radical (unpaired) electrons. The zero-order valence-electron chi connectivity index (χ0n) is 7.10. The lowest BCUT2D eigenvalue weighted by Crippen LogP contribution is -1.94. The van der Waals surface area contributed by atoms with E-state index < -0.39 is 10.9 Å². The van der Waals surface area contributed by atoms with Gasteiger partial charge in [0.05, 0.1) is 7.11 Å². The number of aromatic amines is 1. The molecule has 0 bridgehead atoms. The Balaban J connectivity index is 2.81. The summed E-state index contributed by atoms with van der Waals surface area (Å²) in [6, 6.07) is 0. The third-order valence-electron chi connectivity index (χ3n) is 1.23. The average molecular weight is 195 g/mol. The topological polar surface area (TPSA) is 98.1 Å². The Morgan fingerprint density at radius 2 is 2.50 bits per heavy atom. The Morgan fingerprint density at radius 1 is 1.79 bits per heavy atom. The number of ether oxygens (including phenoxy) is 1. The van der Waals surface area contributed by atoms with Gasteiger partial charge in [-0.15, -0.1) is 0 Å². The first-order chi connectivity index (χ1) is 6.63. The molecule has 0 saturated carbocycles. The van der Waals surface area contributed by atoms with Gasteiger partial charge in [-0.25, -0.2) is 14.8 Å². The molecule has 1 rings (SSSR count). The summed E-state index contributed by atoms with van der Waals surface area (Å²) in [5.74, 6) is 3.38. The fourth-order valence-electron chi connectivity index (χ4n) is 0.629. The number of nitro groups is 1. The number of rotatable bonds is 1. The predicted octanol–water partition coefficient (Wildman–Crippen LogP) is -0.158. The second-order valence-corrected chi connectivity index (χ2v) is 2.12. The normalized spacial score (nSPS) is 8.64. The van der Waals surface area contributed by atoms with E-state index in [4.69, 9.17) is 0 Å². The van der Waals surface area contributed by atoms with Crippen LogP contribution in [-0.2, 0) is 9.53 Å². The summed E-state index contributed by atoms with van der Waals surface area (Å²) in [6.45, 7) is 0. The summed E-state index contributed by atoms with van der Waals surface area (Å²) in [5.41, 5.74) is 0. The van der Waals surface area contributed by atoms with Crippen molar-refractivity contribution in [2.45, 2.75) is 0 Å². The number of carbonyl (C=O) groups excluding carboxylic acids is 1. The highest BCUT2D eigenvalue weighted by Gasteiger charge is 2.07. The molecule has 1 heterocycles. The van der Waals surface area contributed by atoms with Crippen LogP contribution in [0.4, 0.5) is 5.82 Å². The number of aromatic nitrogens is 2. The lowest BCUT2D eigenvalue weighted by molar-refractivity contribution is -0.389. The van der Waals surface area contributed by atoms with Gasteiger partial charge in [0.25, 0.3) is 5.82 Å². The maximum atomic E-state index is 10.6. The largest absolute Gasteiger partial charge is 0.459 e. The number of carbonyl (C=O) groups is 1. The molecule has 0 aliphatic carbocycles. The molecule has 0 atom stereocenters. The summed E-state index contributed by atoms with van der Waals surface area (Å²) in [5, 5.41) is 10.2. The van der Waals surface area contributed by atoms with Crippen molar-refractivity contribution in [3.05, 3.63) is 22.1 Å². The fourth-order valence-corrected chi connectivity index (χ4v) is 0.629. The van der Waals surface area contributed by atoms with Crippen LogP contribution >= 0.6 is 0 Å². The van der Waals surface area contributed by atoms with Crippen LogP contribution in [0.15, 0.2) is 6.20 Å². The quantitative estimate of drug-likeness (QED) is 0.290. The molecule has 0 aromatic carbocycles. The SMILES string of the molecule is COC(=O)C#Cc1ncc([N+](=O)[O-])[nH]1. The monoisotopic (exact) mass is 195 g/mol. The van der Waals surface area contributed by atoms with E-state index in [1.807, 2.05) is 0 Å². The second kappa shape index (κ2) is 4.04. The zero-order chi connectivity index (χ0) is 10.6. The van der Waals surface area contributed by atoms with Crippen molar-refractivity contribution >= 4 is 11.8 Å². The standard InChI is InChI=1S/C7H5N3O4/c1-14-7(11)3-2-5-8-4-6(9-5)10(12)13/h4H,1H3,(H,8,9). The van der Waals surface area contributed by atoms with Crippen molar-refractivity contribution in [3.63, 3.8) is 0 Å². The Hall–Kier alpha value is -2.36. The Bertz CT molecular complexity index is 426. The minimum absolute atomic E-state index is 0.0436. The Kier molecular flexibility index (Phi) is 2.81. The molecular formula is C7H5N3O4. The number of nitrogens with one attached hydrogen (secondary N) is 1. The summed E-state index contributed by atoms with van der Waals surface area (Å²) in [4.78, 5) is 26.0. The molecule has 0 amide bonds. The average Bonchev–Trinajstić information content (AvgIpc) is 2.62. The van der Waals surface area contributed by atoms with Crippen LogP contribution in [0.1, 0.15) is 5.82 Å². The molecule has 14 heavy (non-hydrogen) atoms. The van der Waals surface area contributed by atoms with Crippen LogP contribution in [-0.4, -0.2) is 28.0 Å². The highest BCUT2D eigenvalue weighted by molar-refractivity contribution is 5.88. The summed E-state index contributed by atoms with van der Waals surface area (Å²) < 4.78 is 4.24. The van der Waals surface area contributed by atoms with E-state index in [9.17, 15) is 14.9 Å². The van der Waals surface area contributed by atoms with Crippen LogP contribution in [0.2, 0.25) is 0 Å². The highest BCUT2D eigenvalue weighted by atomic mass is 16.6. The first-order valence-corrected chi connectivity index (χ1v) is 3.43. The van der Waals surface area contributed by atoms with Gasteiger partial charge in [-0.05, 0) is 4.92 Å². The maximum absolute atomic E-state index is 10.6. The number of H-pyrrole nitrogens is 1. The summed E-state index contributed by atoms with van der Waals surface area (Å²) in [7, 11) is 1.18. The van der Waals surface area contributed by atoms with E-state index in [2.05, 4.69) is 26.5 Å². The second-order valence-electron chi connectivity index (χ2n) is 2.12. The molecule has 0 fully saturated rings. The smallest absolute Gasteiger partial charge is 0.384 e. The third kappa shape index (κ3) is 2.31. The van der Waals surface area contributed by atoms with Crippen molar-refractivity contribution in [2.75, 3.05) is 7.11 Å². The molecule has 72 valence electrons. The van der Waals surface area contributed by atoms with E-state index in [0.29, 0.717) is 0 Å². The minimum atomic E-state index is -0.732. The fraction of sp³-hybridized carbons (Fsp3) is 0.143. The Morgan fingerprint density at radius 3 is 3.00 bits per heavy atom. The van der Waals surface area contributed by atoms with Crippen molar-refractivity contribution in [1.82, 2.24) is 9.97 Å². The van der Waals surface area contributed by atoms with E-state index in [1.54, 1.807) is 0 Å². The molecule has 0 aliphatic rings. The number of imidazole rings is 1. The first-order valence-electron chi connectivity index (χ1n) is 3.43. The van der Waals surface area contributed by atoms with E-state index >= 15 is 0 Å². The van der Waals surface area contributed by atoms with E-state index in [-0.39, 0.29) is 11.6 Å². The molecule has 7 heteroatoms. The van der Waals surface area contributed by atoms with Crippen LogP contribution < -0.4 is 0 Å². The summed E-state index contributed by atoms with van der Waals surface area (Å²) in [6.07, 6.45) is 1.02. The Labute approximate surface area is 78.2 Å². The number of hydrogen-bond acceptors (Lipinski definition) is 5. The van der Waals surface area contributed by atoms with Crippen molar-refractivity contribution in [3.8, 4) is 11.8 Å². The van der Waals surface area contributed by atoms with Gasteiger partial charge < -0.3 is 14.9 Å². The molecule has 1 aromatic heterocycles. The van der Waals surface area contributed by atoms with Crippen molar-refractivity contribution < 1.29 is 14.5 Å². The molecule has 0 unspecified atom stereocenters. The minimum Gasteiger partial charge on any atom is -0.459 e. The summed E-state index contributed by atoms with van der Waals surface area (Å²) >= 11 is 0. The maximum Gasteiger partial charge on any atom is 0.384 e. The van der Waals surface area contributed by atoms with Crippen LogP contribution in [0.5, 0.6) is 0 Å². The van der Waals surface area contributed by atoms with E-state index in [0.717, 1.165) is 6.20 Å². The number of esters is 1. The van der Waals surface area contributed by atoms with Gasteiger partial charge in [0.15, 0.2) is 0 Å². The predicted molar refractivity (Wildman–Crippen MR) is 44.1 cm³/mol. The van der Waals surface area contributed by atoms with Gasteiger partial charge in [-0.3, -0.25) is 0 Å². The van der Waals surface area contributed by atoms with Gasteiger partial charge in [0, 0.05) is 11.8 Å².